The van der Waals surface area contributed by atoms with E-state index in [4.69, 9.17) is 15.2 Å². The summed E-state index contributed by atoms with van der Waals surface area (Å²) < 4.78 is 23.3. The van der Waals surface area contributed by atoms with Gasteiger partial charge in [0.25, 0.3) is 0 Å². The lowest BCUT2D eigenvalue weighted by atomic mass is 10.1. The van der Waals surface area contributed by atoms with Gasteiger partial charge in [0.15, 0.2) is 11.5 Å². The minimum Gasteiger partial charge on any atom is -0.493 e. The second kappa shape index (κ2) is 4.95. The molecule has 0 heterocycles. The van der Waals surface area contributed by atoms with E-state index in [1.165, 1.54) is 20.3 Å². The lowest BCUT2D eigenvalue weighted by molar-refractivity contribution is 0.181. The van der Waals surface area contributed by atoms with Crippen molar-refractivity contribution >= 4 is 0 Å². The van der Waals surface area contributed by atoms with Crippen LogP contribution in [-0.4, -0.2) is 25.9 Å². The maximum absolute atomic E-state index is 13.4. The average Bonchev–Trinajstić information content (AvgIpc) is 2.27. The molecule has 1 unspecified atom stereocenters. The summed E-state index contributed by atoms with van der Waals surface area (Å²) in [6.07, 6.45) is -1.04. The van der Waals surface area contributed by atoms with Gasteiger partial charge in [0.05, 0.1) is 20.3 Å². The fourth-order valence-electron chi connectivity index (χ4n) is 1.25. The van der Waals surface area contributed by atoms with Crippen molar-refractivity contribution in [3.8, 4) is 11.5 Å². The van der Waals surface area contributed by atoms with Gasteiger partial charge in [0.2, 0.25) is 0 Å². The molecular weight excluding hydrogens is 201 g/mol. The zero-order valence-electron chi connectivity index (χ0n) is 8.66. The Kier molecular flexibility index (Phi) is 3.88. The number of nitrogens with two attached hydrogens (primary N) is 1. The van der Waals surface area contributed by atoms with E-state index in [1.54, 1.807) is 0 Å². The zero-order valence-corrected chi connectivity index (χ0v) is 8.66. The van der Waals surface area contributed by atoms with Crippen molar-refractivity contribution < 1.29 is 19.0 Å². The summed E-state index contributed by atoms with van der Waals surface area (Å²) in [7, 11) is 2.85. The van der Waals surface area contributed by atoms with E-state index in [9.17, 15) is 9.50 Å². The Morgan fingerprint density at radius 2 is 1.87 bits per heavy atom. The third kappa shape index (κ3) is 2.37. The highest BCUT2D eigenvalue weighted by atomic mass is 19.1. The third-order valence-electron chi connectivity index (χ3n) is 2.09. The summed E-state index contributed by atoms with van der Waals surface area (Å²) >= 11 is 0. The van der Waals surface area contributed by atoms with E-state index >= 15 is 0 Å². The Balaban J connectivity index is 3.19. The Morgan fingerprint density at radius 1 is 1.33 bits per heavy atom. The van der Waals surface area contributed by atoms with E-state index in [0.717, 1.165) is 6.07 Å². The molecule has 0 aliphatic heterocycles. The quantitative estimate of drug-likeness (QED) is 0.781. The van der Waals surface area contributed by atoms with Crippen molar-refractivity contribution in [3.05, 3.63) is 23.5 Å². The molecule has 0 fully saturated rings. The highest BCUT2D eigenvalue weighted by molar-refractivity contribution is 5.44. The zero-order chi connectivity index (χ0) is 11.4. The maximum atomic E-state index is 13.4. The highest BCUT2D eigenvalue weighted by Gasteiger charge is 2.16. The second-order valence-corrected chi connectivity index (χ2v) is 2.98. The molecule has 0 bridgehead atoms. The van der Waals surface area contributed by atoms with Gasteiger partial charge in [-0.05, 0) is 6.07 Å². The number of aliphatic hydroxyl groups is 1. The predicted molar refractivity (Wildman–Crippen MR) is 53.5 cm³/mol. The molecule has 0 saturated carbocycles. The van der Waals surface area contributed by atoms with Gasteiger partial charge in [-0.25, -0.2) is 4.39 Å². The van der Waals surface area contributed by atoms with Crippen LogP contribution in [0.4, 0.5) is 4.39 Å². The standard InChI is InChI=1S/C10H14FNO3/c1-14-9-3-6(8(13)5-12)7(11)4-10(9)15-2/h3-4,8,13H,5,12H2,1-2H3. The van der Waals surface area contributed by atoms with Crippen LogP contribution in [-0.2, 0) is 0 Å². The Morgan fingerprint density at radius 3 is 2.33 bits per heavy atom. The van der Waals surface area contributed by atoms with E-state index in [0.29, 0.717) is 5.75 Å². The summed E-state index contributed by atoms with van der Waals surface area (Å²) in [4.78, 5) is 0. The average molecular weight is 215 g/mol. The lowest BCUT2D eigenvalue weighted by Crippen LogP contribution is -2.13. The molecule has 0 aromatic heterocycles. The van der Waals surface area contributed by atoms with Crippen LogP contribution in [0.2, 0.25) is 0 Å². The highest BCUT2D eigenvalue weighted by Crippen LogP contribution is 2.32. The van der Waals surface area contributed by atoms with Crippen LogP contribution in [0.15, 0.2) is 12.1 Å². The summed E-state index contributed by atoms with van der Waals surface area (Å²) in [5.41, 5.74) is 5.35. The molecule has 0 aliphatic carbocycles. The van der Waals surface area contributed by atoms with Crippen molar-refractivity contribution in [1.29, 1.82) is 0 Å². The maximum Gasteiger partial charge on any atom is 0.163 e. The number of hydrogen-bond acceptors (Lipinski definition) is 4. The summed E-state index contributed by atoms with van der Waals surface area (Å²) in [5.74, 6) is 0.0787. The van der Waals surface area contributed by atoms with Gasteiger partial charge in [0.1, 0.15) is 5.82 Å². The fourth-order valence-corrected chi connectivity index (χ4v) is 1.25. The first kappa shape index (κ1) is 11.7. The molecule has 84 valence electrons. The van der Waals surface area contributed by atoms with Crippen LogP contribution in [0.3, 0.4) is 0 Å². The Labute approximate surface area is 87.4 Å². The van der Waals surface area contributed by atoms with Gasteiger partial charge in [-0.15, -0.1) is 0 Å². The number of hydrogen-bond donors (Lipinski definition) is 2. The van der Waals surface area contributed by atoms with Gasteiger partial charge < -0.3 is 20.3 Å². The summed E-state index contributed by atoms with van der Waals surface area (Å²) in [5, 5.41) is 9.43. The van der Waals surface area contributed by atoms with Gasteiger partial charge >= 0.3 is 0 Å². The molecule has 3 N–H and O–H groups in total. The first-order chi connectivity index (χ1) is 7.13. The van der Waals surface area contributed by atoms with Gasteiger partial charge in [-0.3, -0.25) is 0 Å². The Bertz CT molecular complexity index is 344. The van der Waals surface area contributed by atoms with Crippen LogP contribution < -0.4 is 15.2 Å². The molecule has 0 amide bonds. The van der Waals surface area contributed by atoms with E-state index in [2.05, 4.69) is 0 Å². The first-order valence-electron chi connectivity index (χ1n) is 4.43. The molecule has 5 heteroatoms. The third-order valence-corrected chi connectivity index (χ3v) is 2.09. The molecule has 0 radical (unpaired) electrons. The van der Waals surface area contributed by atoms with E-state index < -0.39 is 11.9 Å². The van der Waals surface area contributed by atoms with E-state index in [1.807, 2.05) is 0 Å². The first-order valence-corrected chi connectivity index (χ1v) is 4.43. The monoisotopic (exact) mass is 215 g/mol. The van der Waals surface area contributed by atoms with Crippen molar-refractivity contribution in [2.45, 2.75) is 6.10 Å². The molecule has 0 saturated heterocycles. The summed E-state index contributed by atoms with van der Waals surface area (Å²) in [6, 6.07) is 2.54. The van der Waals surface area contributed by atoms with Crippen molar-refractivity contribution in [3.63, 3.8) is 0 Å². The molecule has 15 heavy (non-hydrogen) atoms. The molecule has 1 aromatic rings. The van der Waals surface area contributed by atoms with Crippen molar-refractivity contribution in [2.24, 2.45) is 5.73 Å². The number of halogens is 1. The van der Waals surface area contributed by atoms with E-state index in [-0.39, 0.29) is 17.9 Å². The second-order valence-electron chi connectivity index (χ2n) is 2.98. The van der Waals surface area contributed by atoms with Crippen LogP contribution >= 0.6 is 0 Å². The smallest absolute Gasteiger partial charge is 0.163 e. The number of rotatable bonds is 4. The molecular formula is C10H14FNO3. The van der Waals surface area contributed by atoms with Crippen LogP contribution in [0.5, 0.6) is 11.5 Å². The summed E-state index contributed by atoms with van der Waals surface area (Å²) in [6.45, 7) is -0.0492. The predicted octanol–water partition coefficient (Wildman–Crippen LogP) is 0.835. The number of benzene rings is 1. The number of methoxy groups -OCH3 is 2. The lowest BCUT2D eigenvalue weighted by Gasteiger charge is -2.13. The van der Waals surface area contributed by atoms with Crippen molar-refractivity contribution in [2.75, 3.05) is 20.8 Å². The number of aliphatic hydroxyl groups excluding tert-OH is 1. The molecule has 1 aromatic carbocycles. The number of ether oxygens (including phenoxy) is 2. The van der Waals surface area contributed by atoms with Gasteiger partial charge in [0, 0.05) is 18.2 Å². The van der Waals surface area contributed by atoms with Crippen LogP contribution in [0.25, 0.3) is 0 Å². The van der Waals surface area contributed by atoms with Crippen LogP contribution in [0, 0.1) is 5.82 Å². The largest absolute Gasteiger partial charge is 0.493 e. The van der Waals surface area contributed by atoms with Crippen LogP contribution in [0.1, 0.15) is 11.7 Å². The molecule has 0 aliphatic rings. The van der Waals surface area contributed by atoms with Crippen molar-refractivity contribution in [1.82, 2.24) is 0 Å². The fraction of sp³-hybridized carbons (Fsp3) is 0.400. The molecule has 1 atom stereocenters. The minimum absolute atomic E-state index is 0.0492. The molecule has 0 spiro atoms. The van der Waals surface area contributed by atoms with Gasteiger partial charge in [-0.2, -0.15) is 0 Å². The molecule has 4 nitrogen and oxygen atoms in total. The molecule has 1 rings (SSSR count). The minimum atomic E-state index is -1.04. The van der Waals surface area contributed by atoms with Gasteiger partial charge in [-0.1, -0.05) is 0 Å². The normalized spacial score (nSPS) is 12.3. The SMILES string of the molecule is COc1cc(F)c(C(O)CN)cc1OC. The Hall–Kier alpha value is -1.33. The topological polar surface area (TPSA) is 64.7 Å².